The Labute approximate surface area is 281 Å². The number of nitrogens with zero attached hydrogens (tertiary/aromatic N) is 4. The van der Waals surface area contributed by atoms with E-state index in [1.54, 1.807) is 17.1 Å². The lowest BCUT2D eigenvalue weighted by atomic mass is 9.99. The predicted molar refractivity (Wildman–Crippen MR) is 186 cm³/mol. The molecular formula is C30H43N7O4S4. The van der Waals surface area contributed by atoms with Gasteiger partial charge in [0.05, 0.1) is 28.2 Å². The van der Waals surface area contributed by atoms with E-state index in [0.717, 1.165) is 30.1 Å². The molecule has 1 aromatic rings. The molecule has 7 atom stereocenters. The van der Waals surface area contributed by atoms with Crippen molar-refractivity contribution in [1.82, 2.24) is 25.8 Å². The average molecular weight is 694 g/mol. The van der Waals surface area contributed by atoms with Gasteiger partial charge in [0.2, 0.25) is 17.7 Å². The van der Waals surface area contributed by atoms with Gasteiger partial charge in [0, 0.05) is 23.4 Å². The van der Waals surface area contributed by atoms with Crippen LogP contribution in [0.15, 0.2) is 15.4 Å². The molecule has 1 unspecified atom stereocenters. The third-order valence-electron chi connectivity index (χ3n) is 8.75. The highest BCUT2D eigenvalue weighted by molar-refractivity contribution is 8.14. The van der Waals surface area contributed by atoms with Gasteiger partial charge < -0.3 is 20.9 Å². The second-order valence-corrected chi connectivity index (χ2v) is 16.2. The van der Waals surface area contributed by atoms with E-state index in [-0.39, 0.29) is 53.6 Å². The molecule has 3 N–H and O–H groups in total. The summed E-state index contributed by atoms with van der Waals surface area (Å²) in [6.45, 7) is 8.58. The average Bonchev–Trinajstić information content (AvgIpc) is 3.85. The molecule has 1 saturated heterocycles. The van der Waals surface area contributed by atoms with Crippen LogP contribution < -0.4 is 16.0 Å². The van der Waals surface area contributed by atoms with Gasteiger partial charge in [-0.05, 0) is 43.1 Å². The summed E-state index contributed by atoms with van der Waals surface area (Å²) in [6.07, 6.45) is 5.09. The molecule has 6 bridgehead atoms. The SMILES string of the molecule is CCC(C)[C@@H]1NC(=O)[C@@H]2CSC(=N2)[C@@H]2CCCN2C(=O)[C@H](C(C)C)NC(=O)[C@@H]2CSC(=N2)[C@H](CCSC)NC(=O)c2csc1n2. The highest BCUT2D eigenvalue weighted by Gasteiger charge is 2.42. The maximum atomic E-state index is 14.0. The first-order valence-corrected chi connectivity index (χ1v) is 19.9. The van der Waals surface area contributed by atoms with Crippen LogP contribution >= 0.6 is 46.6 Å². The summed E-state index contributed by atoms with van der Waals surface area (Å²) in [5.41, 5.74) is 0.298. The van der Waals surface area contributed by atoms with Gasteiger partial charge in [0.1, 0.15) is 28.8 Å². The zero-order chi connectivity index (χ0) is 32.2. The van der Waals surface area contributed by atoms with Crippen molar-refractivity contribution in [1.29, 1.82) is 0 Å². The summed E-state index contributed by atoms with van der Waals surface area (Å²) in [5.74, 6) is 0.803. The Morgan fingerprint density at radius 3 is 2.31 bits per heavy atom. The van der Waals surface area contributed by atoms with Gasteiger partial charge in [0.15, 0.2) is 0 Å². The van der Waals surface area contributed by atoms with Crippen molar-refractivity contribution in [3.8, 4) is 0 Å². The molecule has 0 saturated carbocycles. The Morgan fingerprint density at radius 2 is 1.64 bits per heavy atom. The smallest absolute Gasteiger partial charge is 0.271 e. The first kappa shape index (κ1) is 34.2. The van der Waals surface area contributed by atoms with E-state index in [2.05, 4.69) is 29.8 Å². The lowest BCUT2D eigenvalue weighted by molar-refractivity contribution is -0.137. The van der Waals surface area contributed by atoms with Crippen LogP contribution in [0.2, 0.25) is 0 Å². The third-order valence-corrected chi connectivity index (χ3v) is 12.6. The van der Waals surface area contributed by atoms with Crippen LogP contribution in [0.3, 0.4) is 0 Å². The topological polar surface area (TPSA) is 145 Å². The molecular weight excluding hydrogens is 651 g/mol. The molecule has 5 heterocycles. The highest BCUT2D eigenvalue weighted by atomic mass is 32.2. The maximum Gasteiger partial charge on any atom is 0.271 e. The van der Waals surface area contributed by atoms with Crippen LogP contribution in [-0.2, 0) is 14.4 Å². The fourth-order valence-electron chi connectivity index (χ4n) is 5.85. The summed E-state index contributed by atoms with van der Waals surface area (Å²) >= 11 is 6.04. The Morgan fingerprint density at radius 1 is 0.978 bits per heavy atom. The Hall–Kier alpha value is -2.10. The lowest BCUT2D eigenvalue weighted by Crippen LogP contribution is -2.55. The standard InChI is InChI=1S/C30H43N7O4S4/c1-6-16(4)23-29-34-18(14-45-29)24(38)31-17(9-11-42-5)27-32-19(12-43-27)25(39)35-22(15(2)3)30(41)37-10-7-8-21(37)28-33-20(13-44-28)26(40)36-23/h14-17,19-23H,6-13H2,1-5H3,(H,31,38)(H,35,39)(H,36,40)/t16?,17-,19-,20-,21-,22-,23-/m0/s1. The van der Waals surface area contributed by atoms with Crippen molar-refractivity contribution in [2.45, 2.75) is 89.6 Å². The van der Waals surface area contributed by atoms with Crippen molar-refractivity contribution < 1.29 is 19.2 Å². The monoisotopic (exact) mass is 693 g/mol. The van der Waals surface area contributed by atoms with Crippen molar-refractivity contribution in [2.75, 3.05) is 30.1 Å². The lowest BCUT2D eigenvalue weighted by Gasteiger charge is -2.31. The van der Waals surface area contributed by atoms with Crippen molar-refractivity contribution >= 4 is 80.3 Å². The number of nitrogens with one attached hydrogen (secondary N) is 3. The third kappa shape index (κ3) is 7.73. The van der Waals surface area contributed by atoms with E-state index in [0.29, 0.717) is 40.2 Å². The van der Waals surface area contributed by atoms with Crippen molar-refractivity contribution in [3.05, 3.63) is 16.1 Å². The highest BCUT2D eigenvalue weighted by Crippen LogP contribution is 2.32. The molecule has 4 amide bonds. The molecule has 1 aromatic heterocycles. The van der Waals surface area contributed by atoms with E-state index >= 15 is 0 Å². The number of thioether (sulfide) groups is 3. The molecule has 0 spiro atoms. The van der Waals surface area contributed by atoms with E-state index in [4.69, 9.17) is 15.0 Å². The van der Waals surface area contributed by atoms with Crippen LogP contribution in [0.1, 0.15) is 74.9 Å². The zero-order valence-electron chi connectivity index (χ0n) is 26.4. The minimum absolute atomic E-state index is 0.0894. The molecule has 4 aliphatic heterocycles. The van der Waals surface area contributed by atoms with E-state index in [9.17, 15) is 19.2 Å². The Bertz CT molecular complexity index is 1350. The quantitative estimate of drug-likeness (QED) is 0.412. The van der Waals surface area contributed by atoms with Crippen LogP contribution in [0.5, 0.6) is 0 Å². The molecule has 246 valence electrons. The molecule has 5 rings (SSSR count). The molecule has 15 heteroatoms. The van der Waals surface area contributed by atoms with Crippen molar-refractivity contribution in [3.63, 3.8) is 0 Å². The second kappa shape index (κ2) is 15.2. The number of rotatable bonds is 6. The Kier molecular flexibility index (Phi) is 11.6. The summed E-state index contributed by atoms with van der Waals surface area (Å²) in [4.78, 5) is 70.6. The number of hydrogen-bond donors (Lipinski definition) is 3. The first-order chi connectivity index (χ1) is 21.6. The number of fused-ring (bicyclic) bond motifs is 6. The minimum atomic E-state index is -0.704. The van der Waals surface area contributed by atoms with E-state index in [1.807, 2.05) is 25.0 Å². The van der Waals surface area contributed by atoms with Gasteiger partial charge in [-0.2, -0.15) is 11.8 Å². The molecule has 45 heavy (non-hydrogen) atoms. The van der Waals surface area contributed by atoms with Gasteiger partial charge in [-0.15, -0.1) is 34.9 Å². The summed E-state index contributed by atoms with van der Waals surface area (Å²) in [6, 6.07) is -2.86. The Balaban J connectivity index is 1.50. The van der Waals surface area contributed by atoms with Gasteiger partial charge in [-0.25, -0.2) is 4.98 Å². The molecule has 11 nitrogen and oxygen atoms in total. The van der Waals surface area contributed by atoms with E-state index < -0.39 is 18.1 Å². The van der Waals surface area contributed by atoms with Crippen LogP contribution in [0, 0.1) is 11.8 Å². The van der Waals surface area contributed by atoms with E-state index in [1.165, 1.54) is 34.9 Å². The van der Waals surface area contributed by atoms with Gasteiger partial charge in [-0.3, -0.25) is 29.2 Å². The molecule has 0 aromatic carbocycles. The second-order valence-electron chi connectivity index (χ2n) is 12.3. The van der Waals surface area contributed by atoms with Crippen LogP contribution in [-0.4, -0.2) is 104 Å². The maximum absolute atomic E-state index is 14.0. The molecule has 1 fully saturated rings. The van der Waals surface area contributed by atoms with Crippen molar-refractivity contribution in [2.24, 2.45) is 21.8 Å². The fraction of sp³-hybridized carbons (Fsp3) is 0.700. The molecule has 4 aliphatic rings. The first-order valence-electron chi connectivity index (χ1n) is 15.7. The van der Waals surface area contributed by atoms with Gasteiger partial charge in [-0.1, -0.05) is 34.1 Å². The summed E-state index contributed by atoms with van der Waals surface area (Å²) in [7, 11) is 0. The predicted octanol–water partition coefficient (Wildman–Crippen LogP) is 3.37. The number of amides is 4. The largest absolute Gasteiger partial charge is 0.345 e. The number of aromatic nitrogens is 1. The zero-order valence-corrected chi connectivity index (χ0v) is 29.7. The number of carbonyl (C=O) groups excluding carboxylic acids is 4. The summed E-state index contributed by atoms with van der Waals surface area (Å²) in [5, 5.41) is 13.2. The number of thiazole rings is 1. The number of carbonyl (C=O) groups is 4. The minimum Gasteiger partial charge on any atom is -0.345 e. The normalized spacial score (nSPS) is 30.2. The van der Waals surface area contributed by atoms with Gasteiger partial charge in [0.25, 0.3) is 5.91 Å². The summed E-state index contributed by atoms with van der Waals surface area (Å²) < 4.78 is 0. The molecule has 0 radical (unpaired) electrons. The van der Waals surface area contributed by atoms with Crippen LogP contribution in [0.25, 0.3) is 0 Å². The molecule has 0 aliphatic carbocycles. The van der Waals surface area contributed by atoms with Gasteiger partial charge >= 0.3 is 0 Å². The number of aliphatic imine (C=N–C) groups is 2. The fourth-order valence-corrected chi connectivity index (χ4v) is 9.63. The number of hydrogen-bond acceptors (Lipinski definition) is 11. The van der Waals surface area contributed by atoms with Crippen LogP contribution in [0.4, 0.5) is 0 Å².